The van der Waals surface area contributed by atoms with Gasteiger partial charge in [0.05, 0.1) is 17.1 Å². The molecule has 1 aromatic heterocycles. The van der Waals surface area contributed by atoms with Crippen molar-refractivity contribution in [2.24, 2.45) is 0 Å². The first kappa shape index (κ1) is 18.9. The molecule has 0 radical (unpaired) electrons. The molecular formula is C23H24N4O2. The van der Waals surface area contributed by atoms with Crippen molar-refractivity contribution in [3.8, 4) is 0 Å². The number of carbonyl (C=O) groups is 2. The van der Waals surface area contributed by atoms with Gasteiger partial charge in [0.25, 0.3) is 5.91 Å². The Hall–Kier alpha value is -3.41. The van der Waals surface area contributed by atoms with Gasteiger partial charge in [-0.15, -0.1) is 0 Å². The number of benzene rings is 2. The summed E-state index contributed by atoms with van der Waals surface area (Å²) in [6.45, 7) is 4.92. The van der Waals surface area contributed by atoms with Crippen molar-refractivity contribution in [2.75, 3.05) is 18.4 Å². The molecule has 2 amide bonds. The number of aromatic nitrogens is 2. The fraction of sp³-hybridized carbons (Fsp3) is 0.261. The molecule has 1 atom stereocenters. The summed E-state index contributed by atoms with van der Waals surface area (Å²) < 4.78 is 2.07. The van der Waals surface area contributed by atoms with E-state index in [1.165, 1.54) is 6.08 Å². The lowest BCUT2D eigenvalue weighted by atomic mass is 10.1. The highest BCUT2D eigenvalue weighted by atomic mass is 16.2. The molecule has 4 rings (SSSR count). The number of anilines is 1. The van der Waals surface area contributed by atoms with Gasteiger partial charge in [-0.2, -0.15) is 0 Å². The van der Waals surface area contributed by atoms with Crippen LogP contribution in [-0.4, -0.2) is 39.4 Å². The third-order valence-corrected chi connectivity index (χ3v) is 5.36. The SMILES string of the molecule is C=CC(=O)N1CCCCC(n2c(NC(=O)c3ccccc3)nc3ccccc32)C1. The molecule has 1 fully saturated rings. The maximum atomic E-state index is 12.8. The Kier molecular flexibility index (Phi) is 5.42. The maximum absolute atomic E-state index is 12.8. The molecule has 148 valence electrons. The molecule has 6 heteroatoms. The van der Waals surface area contributed by atoms with Gasteiger partial charge in [-0.05, 0) is 49.6 Å². The van der Waals surface area contributed by atoms with Gasteiger partial charge in [0.15, 0.2) is 0 Å². The summed E-state index contributed by atoms with van der Waals surface area (Å²) in [6.07, 6.45) is 4.24. The number of nitrogens with one attached hydrogen (secondary N) is 1. The number of fused-ring (bicyclic) bond motifs is 1. The molecule has 1 unspecified atom stereocenters. The van der Waals surface area contributed by atoms with Crippen LogP contribution in [0.15, 0.2) is 67.3 Å². The van der Waals surface area contributed by atoms with Crippen molar-refractivity contribution in [3.63, 3.8) is 0 Å². The zero-order valence-electron chi connectivity index (χ0n) is 16.3. The average molecular weight is 388 g/mol. The van der Waals surface area contributed by atoms with Gasteiger partial charge < -0.3 is 9.47 Å². The Labute approximate surface area is 169 Å². The molecule has 0 saturated carbocycles. The predicted molar refractivity (Wildman–Crippen MR) is 114 cm³/mol. The molecule has 29 heavy (non-hydrogen) atoms. The second kappa shape index (κ2) is 8.31. The largest absolute Gasteiger partial charge is 0.337 e. The Morgan fingerprint density at radius 3 is 2.62 bits per heavy atom. The molecule has 2 heterocycles. The zero-order valence-corrected chi connectivity index (χ0v) is 16.3. The summed E-state index contributed by atoms with van der Waals surface area (Å²) in [5.74, 6) is 0.254. The van der Waals surface area contributed by atoms with Gasteiger partial charge in [0, 0.05) is 18.7 Å². The van der Waals surface area contributed by atoms with Gasteiger partial charge in [0.2, 0.25) is 11.9 Å². The number of imidazole rings is 1. The van der Waals surface area contributed by atoms with Crippen molar-refractivity contribution in [1.29, 1.82) is 0 Å². The molecule has 0 bridgehead atoms. The topological polar surface area (TPSA) is 67.2 Å². The summed E-state index contributed by atoms with van der Waals surface area (Å²) in [4.78, 5) is 31.5. The number of hydrogen-bond donors (Lipinski definition) is 1. The number of hydrogen-bond acceptors (Lipinski definition) is 3. The van der Waals surface area contributed by atoms with Crippen LogP contribution < -0.4 is 5.32 Å². The summed E-state index contributed by atoms with van der Waals surface area (Å²) in [5, 5.41) is 2.98. The minimum absolute atomic E-state index is 0.0277. The van der Waals surface area contributed by atoms with E-state index in [1.54, 1.807) is 12.1 Å². The van der Waals surface area contributed by atoms with E-state index >= 15 is 0 Å². The lowest BCUT2D eigenvalue weighted by Crippen LogP contribution is -2.34. The number of amides is 2. The normalized spacial score (nSPS) is 17.0. The molecular weight excluding hydrogens is 364 g/mol. The molecule has 0 aliphatic carbocycles. The van der Waals surface area contributed by atoms with E-state index in [9.17, 15) is 9.59 Å². The quantitative estimate of drug-likeness (QED) is 0.686. The third-order valence-electron chi connectivity index (χ3n) is 5.36. The molecule has 6 nitrogen and oxygen atoms in total. The molecule has 2 aromatic carbocycles. The summed E-state index contributed by atoms with van der Waals surface area (Å²) in [7, 11) is 0. The van der Waals surface area contributed by atoms with Crippen LogP contribution in [0.3, 0.4) is 0 Å². The van der Waals surface area contributed by atoms with Crippen LogP contribution in [-0.2, 0) is 4.79 Å². The van der Waals surface area contributed by atoms with Crippen LogP contribution in [0.25, 0.3) is 11.0 Å². The van der Waals surface area contributed by atoms with Gasteiger partial charge in [-0.1, -0.05) is 36.9 Å². The number of rotatable bonds is 4. The standard InChI is InChI=1S/C23H24N4O2/c1-2-21(28)26-15-9-8-12-18(16-26)27-20-14-7-6-13-19(20)24-23(27)25-22(29)17-10-4-3-5-11-17/h2-7,10-11,13-14,18H,1,8-9,12,15-16H2,(H,24,25,29). The fourth-order valence-corrected chi connectivity index (χ4v) is 3.93. The molecule has 1 aliphatic heterocycles. The van der Waals surface area contributed by atoms with Gasteiger partial charge in [-0.3, -0.25) is 14.9 Å². The van der Waals surface area contributed by atoms with Gasteiger partial charge in [0.1, 0.15) is 0 Å². The fourth-order valence-electron chi connectivity index (χ4n) is 3.93. The van der Waals surface area contributed by atoms with E-state index in [1.807, 2.05) is 47.4 Å². The Balaban J connectivity index is 1.72. The molecule has 3 aromatic rings. The molecule has 1 aliphatic rings. The van der Waals surface area contributed by atoms with Gasteiger partial charge >= 0.3 is 0 Å². The van der Waals surface area contributed by atoms with E-state index in [0.717, 1.165) is 36.8 Å². The van der Waals surface area contributed by atoms with E-state index in [2.05, 4.69) is 21.4 Å². The minimum atomic E-state index is -0.199. The Bertz CT molecular complexity index is 1040. The zero-order chi connectivity index (χ0) is 20.2. The number of carbonyl (C=O) groups excluding carboxylic acids is 2. The monoisotopic (exact) mass is 388 g/mol. The number of likely N-dealkylation sites (tertiary alicyclic amines) is 1. The summed E-state index contributed by atoms with van der Waals surface area (Å²) in [5.41, 5.74) is 2.35. The minimum Gasteiger partial charge on any atom is -0.337 e. The van der Waals surface area contributed by atoms with Crippen LogP contribution >= 0.6 is 0 Å². The van der Waals surface area contributed by atoms with E-state index in [4.69, 9.17) is 0 Å². The number of nitrogens with zero attached hydrogens (tertiary/aromatic N) is 3. The van der Waals surface area contributed by atoms with Crippen molar-refractivity contribution >= 4 is 28.8 Å². The maximum Gasteiger partial charge on any atom is 0.257 e. The van der Waals surface area contributed by atoms with Crippen molar-refractivity contribution in [3.05, 3.63) is 72.8 Å². The lowest BCUT2D eigenvalue weighted by Gasteiger charge is -2.26. The molecule has 1 N–H and O–H groups in total. The molecule has 0 spiro atoms. The first-order valence-electron chi connectivity index (χ1n) is 9.92. The first-order chi connectivity index (χ1) is 14.2. The highest BCUT2D eigenvalue weighted by Gasteiger charge is 2.26. The molecule has 1 saturated heterocycles. The van der Waals surface area contributed by atoms with Crippen molar-refractivity contribution in [1.82, 2.24) is 14.5 Å². The lowest BCUT2D eigenvalue weighted by molar-refractivity contribution is -0.126. The van der Waals surface area contributed by atoms with E-state index in [-0.39, 0.29) is 17.9 Å². The van der Waals surface area contributed by atoms with Crippen LogP contribution in [0.1, 0.15) is 35.7 Å². The summed E-state index contributed by atoms with van der Waals surface area (Å²) in [6, 6.07) is 17.0. The smallest absolute Gasteiger partial charge is 0.257 e. The first-order valence-corrected chi connectivity index (χ1v) is 9.92. The van der Waals surface area contributed by atoms with Crippen LogP contribution in [0.5, 0.6) is 0 Å². The van der Waals surface area contributed by atoms with Crippen molar-refractivity contribution < 1.29 is 9.59 Å². The van der Waals surface area contributed by atoms with Crippen LogP contribution in [0, 0.1) is 0 Å². The van der Waals surface area contributed by atoms with Gasteiger partial charge in [-0.25, -0.2) is 4.98 Å². The van der Waals surface area contributed by atoms with Crippen LogP contribution in [0.2, 0.25) is 0 Å². The Morgan fingerprint density at radius 2 is 1.83 bits per heavy atom. The Morgan fingerprint density at radius 1 is 1.07 bits per heavy atom. The average Bonchev–Trinajstić information content (AvgIpc) is 2.94. The highest BCUT2D eigenvalue weighted by Crippen LogP contribution is 2.30. The second-order valence-electron chi connectivity index (χ2n) is 7.25. The number of para-hydroxylation sites is 2. The van der Waals surface area contributed by atoms with Crippen LogP contribution in [0.4, 0.5) is 5.95 Å². The third kappa shape index (κ3) is 3.92. The second-order valence-corrected chi connectivity index (χ2v) is 7.25. The highest BCUT2D eigenvalue weighted by molar-refractivity contribution is 6.04. The van der Waals surface area contributed by atoms with E-state index < -0.39 is 0 Å². The van der Waals surface area contributed by atoms with Crippen molar-refractivity contribution in [2.45, 2.75) is 25.3 Å². The summed E-state index contributed by atoms with van der Waals surface area (Å²) >= 11 is 0. The predicted octanol–water partition coefficient (Wildman–Crippen LogP) is 4.03. The van der Waals surface area contributed by atoms with E-state index in [0.29, 0.717) is 18.1 Å².